The molecule has 0 fully saturated rings. The highest BCUT2D eigenvalue weighted by molar-refractivity contribution is 7.90. The number of nitrogens with one attached hydrogen (secondary N) is 1. The molecule has 0 aliphatic carbocycles. The highest BCUT2D eigenvalue weighted by Crippen LogP contribution is 2.05. The highest BCUT2D eigenvalue weighted by atomic mass is 32.2. The lowest BCUT2D eigenvalue weighted by atomic mass is 10.1. The lowest BCUT2D eigenvalue weighted by Gasteiger charge is -2.14. The van der Waals surface area contributed by atoms with Gasteiger partial charge in [-0.15, -0.1) is 0 Å². The van der Waals surface area contributed by atoms with E-state index in [4.69, 9.17) is 0 Å². The van der Waals surface area contributed by atoms with Crippen molar-refractivity contribution in [3.05, 3.63) is 0 Å². The second-order valence-electron chi connectivity index (χ2n) is 3.79. The average Bonchev–Trinajstić information content (AvgIpc) is 2.08. The van der Waals surface area contributed by atoms with Crippen molar-refractivity contribution in [1.82, 2.24) is 5.32 Å². The molecule has 0 bridgehead atoms. The molecule has 0 rings (SSSR count). The van der Waals surface area contributed by atoms with Gasteiger partial charge in [0, 0.05) is 18.1 Å². The van der Waals surface area contributed by atoms with E-state index in [1.165, 1.54) is 6.26 Å². The molecule has 0 radical (unpaired) electrons. The van der Waals surface area contributed by atoms with Crippen LogP contribution in [0.4, 0.5) is 0 Å². The van der Waals surface area contributed by atoms with Crippen LogP contribution in [0.15, 0.2) is 0 Å². The maximum absolute atomic E-state index is 10.9. The van der Waals surface area contributed by atoms with Crippen LogP contribution in [0.1, 0.15) is 39.5 Å². The zero-order valence-corrected chi connectivity index (χ0v) is 10.4. The van der Waals surface area contributed by atoms with Crippen LogP contribution in [-0.4, -0.2) is 33.0 Å². The average molecular weight is 221 g/mol. The Balaban J connectivity index is 3.52. The maximum Gasteiger partial charge on any atom is 0.147 e. The molecular formula is C10H23NO2S. The van der Waals surface area contributed by atoms with Gasteiger partial charge in [-0.1, -0.05) is 20.3 Å². The summed E-state index contributed by atoms with van der Waals surface area (Å²) in [6.07, 6.45) is 5.29. The molecule has 3 nitrogen and oxygen atoms in total. The van der Waals surface area contributed by atoms with Crippen LogP contribution >= 0.6 is 0 Å². The molecule has 4 heteroatoms. The fourth-order valence-corrected chi connectivity index (χ4v) is 2.22. The first-order chi connectivity index (χ1) is 6.49. The second-order valence-corrected chi connectivity index (χ2v) is 6.05. The van der Waals surface area contributed by atoms with E-state index in [2.05, 4.69) is 19.2 Å². The molecule has 0 saturated heterocycles. The molecule has 0 aliphatic heterocycles. The molecule has 0 aliphatic rings. The standard InChI is InChI=1S/C10H23NO2S/c1-4-10(11-5-2)8-6-7-9-14(3,12)13/h10-11H,4-9H2,1-3H3. The van der Waals surface area contributed by atoms with Crippen LogP contribution in [-0.2, 0) is 9.84 Å². The van der Waals surface area contributed by atoms with Gasteiger partial charge in [-0.3, -0.25) is 0 Å². The minimum absolute atomic E-state index is 0.329. The Kier molecular flexibility index (Phi) is 7.19. The Morgan fingerprint density at radius 2 is 1.86 bits per heavy atom. The van der Waals surface area contributed by atoms with Crippen LogP contribution < -0.4 is 5.32 Å². The predicted octanol–water partition coefficient (Wildman–Crippen LogP) is 1.59. The summed E-state index contributed by atoms with van der Waals surface area (Å²) < 4.78 is 21.7. The van der Waals surface area contributed by atoms with E-state index in [0.29, 0.717) is 11.8 Å². The van der Waals surface area contributed by atoms with Gasteiger partial charge in [0.2, 0.25) is 0 Å². The van der Waals surface area contributed by atoms with E-state index in [9.17, 15) is 8.42 Å². The molecule has 0 heterocycles. The minimum Gasteiger partial charge on any atom is -0.314 e. The molecule has 1 atom stereocenters. The fraction of sp³-hybridized carbons (Fsp3) is 1.00. The van der Waals surface area contributed by atoms with Crippen LogP contribution in [0.2, 0.25) is 0 Å². The molecule has 14 heavy (non-hydrogen) atoms. The van der Waals surface area contributed by atoms with Gasteiger partial charge in [0.1, 0.15) is 9.84 Å². The van der Waals surface area contributed by atoms with Crippen LogP contribution in [0.25, 0.3) is 0 Å². The van der Waals surface area contributed by atoms with Crippen LogP contribution in [0, 0.1) is 0 Å². The summed E-state index contributed by atoms with van der Waals surface area (Å²) in [5.41, 5.74) is 0. The first kappa shape index (κ1) is 13.9. The molecule has 0 spiro atoms. The first-order valence-corrected chi connectivity index (χ1v) is 7.46. The van der Waals surface area contributed by atoms with Crippen molar-refractivity contribution in [3.63, 3.8) is 0 Å². The first-order valence-electron chi connectivity index (χ1n) is 5.40. The van der Waals surface area contributed by atoms with Gasteiger partial charge in [0.05, 0.1) is 0 Å². The largest absolute Gasteiger partial charge is 0.314 e. The quantitative estimate of drug-likeness (QED) is 0.633. The Labute approximate surface area is 88.2 Å². The zero-order valence-electron chi connectivity index (χ0n) is 9.54. The summed E-state index contributed by atoms with van der Waals surface area (Å²) in [4.78, 5) is 0. The van der Waals surface area contributed by atoms with Crippen molar-refractivity contribution in [2.75, 3.05) is 18.6 Å². The van der Waals surface area contributed by atoms with E-state index in [1.807, 2.05) is 0 Å². The van der Waals surface area contributed by atoms with Crippen molar-refractivity contribution in [2.24, 2.45) is 0 Å². The summed E-state index contributed by atoms with van der Waals surface area (Å²) in [5.74, 6) is 0.329. The van der Waals surface area contributed by atoms with E-state index < -0.39 is 9.84 Å². The van der Waals surface area contributed by atoms with Gasteiger partial charge in [-0.05, 0) is 25.8 Å². The minimum atomic E-state index is -2.76. The van der Waals surface area contributed by atoms with Crippen molar-refractivity contribution in [2.45, 2.75) is 45.6 Å². The number of unbranched alkanes of at least 4 members (excludes halogenated alkanes) is 1. The summed E-state index contributed by atoms with van der Waals surface area (Å²) in [7, 11) is -2.76. The summed E-state index contributed by atoms with van der Waals surface area (Å²) in [6.45, 7) is 5.24. The zero-order chi connectivity index (χ0) is 11.0. The Morgan fingerprint density at radius 3 is 2.29 bits per heavy atom. The van der Waals surface area contributed by atoms with Crippen molar-refractivity contribution < 1.29 is 8.42 Å². The number of hydrogen-bond donors (Lipinski definition) is 1. The predicted molar refractivity (Wildman–Crippen MR) is 61.3 cm³/mol. The van der Waals surface area contributed by atoms with Gasteiger partial charge in [0.25, 0.3) is 0 Å². The van der Waals surface area contributed by atoms with Crippen molar-refractivity contribution >= 4 is 9.84 Å². The van der Waals surface area contributed by atoms with E-state index in [-0.39, 0.29) is 0 Å². The van der Waals surface area contributed by atoms with E-state index in [0.717, 1.165) is 32.2 Å². The van der Waals surface area contributed by atoms with Crippen LogP contribution in [0.3, 0.4) is 0 Å². The molecule has 0 saturated carbocycles. The molecule has 0 aromatic rings. The van der Waals surface area contributed by atoms with Gasteiger partial charge >= 0.3 is 0 Å². The molecular weight excluding hydrogens is 198 g/mol. The normalized spacial score (nSPS) is 14.2. The summed E-state index contributed by atoms with van der Waals surface area (Å²) in [5, 5.41) is 3.38. The lowest BCUT2D eigenvalue weighted by molar-refractivity contribution is 0.464. The Hall–Kier alpha value is -0.0900. The monoisotopic (exact) mass is 221 g/mol. The fourth-order valence-electron chi connectivity index (χ4n) is 1.49. The van der Waals surface area contributed by atoms with Gasteiger partial charge in [-0.25, -0.2) is 8.42 Å². The lowest BCUT2D eigenvalue weighted by Crippen LogP contribution is -2.28. The maximum atomic E-state index is 10.9. The highest BCUT2D eigenvalue weighted by Gasteiger charge is 2.05. The summed E-state index contributed by atoms with van der Waals surface area (Å²) in [6, 6.07) is 0.555. The van der Waals surface area contributed by atoms with Gasteiger partial charge in [0.15, 0.2) is 0 Å². The van der Waals surface area contributed by atoms with E-state index in [1.54, 1.807) is 0 Å². The molecule has 1 N–H and O–H groups in total. The third-order valence-electron chi connectivity index (χ3n) is 2.30. The SMILES string of the molecule is CCNC(CC)CCCCS(C)(=O)=O. The molecule has 86 valence electrons. The van der Waals surface area contributed by atoms with Crippen LogP contribution in [0.5, 0.6) is 0 Å². The Morgan fingerprint density at radius 1 is 1.21 bits per heavy atom. The third kappa shape index (κ3) is 8.51. The molecule has 0 aromatic heterocycles. The van der Waals surface area contributed by atoms with Crippen molar-refractivity contribution in [1.29, 1.82) is 0 Å². The summed E-state index contributed by atoms with van der Waals surface area (Å²) >= 11 is 0. The molecule has 1 unspecified atom stereocenters. The Bertz CT molecular complexity index is 224. The molecule has 0 aromatic carbocycles. The topological polar surface area (TPSA) is 46.2 Å². The second kappa shape index (κ2) is 7.23. The third-order valence-corrected chi connectivity index (χ3v) is 3.33. The van der Waals surface area contributed by atoms with E-state index >= 15 is 0 Å². The smallest absolute Gasteiger partial charge is 0.147 e. The molecule has 0 amide bonds. The van der Waals surface area contributed by atoms with Gasteiger partial charge < -0.3 is 5.32 Å². The number of rotatable bonds is 8. The van der Waals surface area contributed by atoms with Crippen molar-refractivity contribution in [3.8, 4) is 0 Å². The number of sulfone groups is 1. The van der Waals surface area contributed by atoms with Gasteiger partial charge in [-0.2, -0.15) is 0 Å². The number of hydrogen-bond acceptors (Lipinski definition) is 3.